The molecular formula is C3H8LiNO2S. The van der Waals surface area contributed by atoms with Gasteiger partial charge in [-0.15, -0.1) is 0 Å². The molecule has 0 atom stereocenters. The summed E-state index contributed by atoms with van der Waals surface area (Å²) in [6.07, 6.45) is 0. The zero-order valence-electron chi connectivity index (χ0n) is 5.38. The van der Waals surface area contributed by atoms with E-state index in [-0.39, 0.29) is 4.43 Å². The fourth-order valence-electron chi connectivity index (χ4n) is 0.258. The number of rotatable bonds is 2. The molecule has 0 unspecified atom stereocenters. The van der Waals surface area contributed by atoms with Crippen molar-refractivity contribution in [2.75, 3.05) is 18.5 Å². The normalized spacial score (nSPS) is 12.6. The molecule has 0 aliphatic rings. The van der Waals surface area contributed by atoms with Crippen molar-refractivity contribution in [3.05, 3.63) is 0 Å². The van der Waals surface area contributed by atoms with Crippen LogP contribution in [0.1, 0.15) is 0 Å². The Morgan fingerprint density at radius 3 is 1.88 bits per heavy atom. The van der Waals surface area contributed by atoms with Gasteiger partial charge in [0.15, 0.2) is 0 Å². The van der Waals surface area contributed by atoms with Crippen LogP contribution in [0.15, 0.2) is 0 Å². The van der Waals surface area contributed by atoms with E-state index in [0.29, 0.717) is 0 Å². The quantitative estimate of drug-likeness (QED) is 0.448. The van der Waals surface area contributed by atoms with Crippen LogP contribution >= 0.6 is 0 Å². The number of sulfonamides is 1. The Hall–Kier alpha value is 0.507. The molecule has 0 bridgehead atoms. The fraction of sp³-hybridized carbons (Fsp3) is 1.00. The Kier molecular flexibility index (Phi) is 3.06. The molecule has 0 fully saturated rings. The van der Waals surface area contributed by atoms with Crippen molar-refractivity contribution in [3.63, 3.8) is 0 Å². The van der Waals surface area contributed by atoms with Crippen LogP contribution in [-0.2, 0) is 10.0 Å². The molecule has 0 amide bonds. The van der Waals surface area contributed by atoms with E-state index in [2.05, 4.69) is 0 Å². The fourth-order valence-corrected chi connectivity index (χ4v) is 0.775. The maximum atomic E-state index is 10.6. The van der Waals surface area contributed by atoms with Crippen LogP contribution in [0.2, 0.25) is 0 Å². The zero-order valence-corrected chi connectivity index (χ0v) is 6.20. The number of hydrogen-bond donors (Lipinski definition) is 0. The van der Waals surface area contributed by atoms with Crippen molar-refractivity contribution in [3.8, 4) is 0 Å². The Morgan fingerprint density at radius 1 is 1.50 bits per heavy atom. The summed E-state index contributed by atoms with van der Waals surface area (Å²) in [5.41, 5.74) is 0. The third-order valence-electron chi connectivity index (χ3n) is 0.921. The molecule has 0 saturated heterocycles. The molecule has 0 aromatic heterocycles. The van der Waals surface area contributed by atoms with E-state index in [0.717, 1.165) is 0 Å². The van der Waals surface area contributed by atoms with Crippen molar-refractivity contribution in [1.29, 1.82) is 0 Å². The summed E-state index contributed by atoms with van der Waals surface area (Å²) < 4.78 is 22.6. The van der Waals surface area contributed by atoms with Gasteiger partial charge >= 0.3 is 59.0 Å². The minimum absolute atomic E-state index is 0.181. The van der Waals surface area contributed by atoms with Gasteiger partial charge in [0.05, 0.1) is 0 Å². The number of hydrogen-bond acceptors (Lipinski definition) is 2. The average molecular weight is 129 g/mol. The monoisotopic (exact) mass is 129 g/mol. The van der Waals surface area contributed by atoms with E-state index in [1.165, 1.54) is 18.4 Å². The van der Waals surface area contributed by atoms with Gasteiger partial charge in [0.25, 0.3) is 0 Å². The molecule has 0 aromatic rings. The predicted octanol–water partition coefficient (Wildman–Crippen LogP) is -0.996. The van der Waals surface area contributed by atoms with Crippen LogP contribution in [0.5, 0.6) is 0 Å². The van der Waals surface area contributed by atoms with E-state index in [4.69, 9.17) is 0 Å². The zero-order chi connectivity index (χ0) is 6.78. The molecule has 0 aliphatic heterocycles. The second-order valence-electron chi connectivity index (χ2n) is 1.68. The first kappa shape index (κ1) is 8.51. The molecule has 0 aliphatic carbocycles. The van der Waals surface area contributed by atoms with E-state index >= 15 is 0 Å². The van der Waals surface area contributed by atoms with Crippen LogP contribution in [0.25, 0.3) is 0 Å². The second kappa shape index (κ2) is 2.88. The summed E-state index contributed by atoms with van der Waals surface area (Å²) in [4.78, 5) is 0. The molecule has 8 heavy (non-hydrogen) atoms. The van der Waals surface area contributed by atoms with Gasteiger partial charge in [-0.3, -0.25) is 0 Å². The number of nitrogens with zero attached hydrogens (tertiary/aromatic N) is 1. The third kappa shape index (κ3) is 2.18. The van der Waals surface area contributed by atoms with Crippen molar-refractivity contribution in [2.45, 2.75) is 0 Å². The van der Waals surface area contributed by atoms with E-state index in [9.17, 15) is 8.42 Å². The summed E-state index contributed by atoms with van der Waals surface area (Å²) in [6, 6.07) is 0. The van der Waals surface area contributed by atoms with Crippen molar-refractivity contribution in [1.82, 2.24) is 4.31 Å². The molecule has 44 valence electrons. The summed E-state index contributed by atoms with van der Waals surface area (Å²) in [6.45, 7) is 0. The molecule has 0 saturated carbocycles. The summed E-state index contributed by atoms with van der Waals surface area (Å²) in [5.74, 6) is 0. The summed E-state index contributed by atoms with van der Waals surface area (Å²) in [7, 11) is 0.150. The van der Waals surface area contributed by atoms with Crippen LogP contribution in [-0.4, -0.2) is 49.0 Å². The topological polar surface area (TPSA) is 37.4 Å². The predicted molar refractivity (Wildman–Crippen MR) is 33.2 cm³/mol. The van der Waals surface area contributed by atoms with Crippen LogP contribution in [0.3, 0.4) is 0 Å². The standard InChI is InChI=1S/C3H8NO2S.Li/c1-4(2)7(3,5)6;/h3H2,1-2H3;. The first-order valence-electron chi connectivity index (χ1n) is 2.41. The Balaban J connectivity index is 4.17. The van der Waals surface area contributed by atoms with E-state index < -0.39 is 10.0 Å². The maximum absolute atomic E-state index is 10.6. The van der Waals surface area contributed by atoms with Gasteiger partial charge in [0, 0.05) is 0 Å². The Labute approximate surface area is 59.3 Å². The first-order chi connectivity index (χ1) is 3.50. The van der Waals surface area contributed by atoms with Gasteiger partial charge in [0.2, 0.25) is 0 Å². The molecule has 0 heterocycles. The summed E-state index contributed by atoms with van der Waals surface area (Å²) in [5, 5.41) is 0. The third-order valence-corrected chi connectivity index (χ3v) is 2.76. The van der Waals surface area contributed by atoms with Gasteiger partial charge in [-0.1, -0.05) is 0 Å². The summed E-state index contributed by atoms with van der Waals surface area (Å²) >= 11 is 1.62. The van der Waals surface area contributed by atoms with E-state index in [1.807, 2.05) is 0 Å². The van der Waals surface area contributed by atoms with Crippen molar-refractivity contribution < 1.29 is 8.42 Å². The minimum atomic E-state index is -2.90. The molecule has 0 N–H and O–H groups in total. The Bertz CT molecular complexity index is 151. The Morgan fingerprint density at radius 2 is 1.88 bits per heavy atom. The second-order valence-corrected chi connectivity index (χ2v) is 4.15. The van der Waals surface area contributed by atoms with Gasteiger partial charge < -0.3 is 0 Å². The van der Waals surface area contributed by atoms with Crippen LogP contribution in [0.4, 0.5) is 0 Å². The average Bonchev–Trinajstić information content (AvgIpc) is 1.67. The SMILES string of the molecule is [Li][CH2]S(=O)(=O)N(C)C. The molecule has 0 spiro atoms. The van der Waals surface area contributed by atoms with Gasteiger partial charge in [0.1, 0.15) is 0 Å². The molecule has 5 heteroatoms. The first-order valence-corrected chi connectivity index (χ1v) is 4.02. The van der Waals surface area contributed by atoms with Gasteiger partial charge in [-0.05, 0) is 0 Å². The van der Waals surface area contributed by atoms with E-state index in [1.54, 1.807) is 17.7 Å². The molecule has 0 rings (SSSR count). The van der Waals surface area contributed by atoms with Gasteiger partial charge in [-0.25, -0.2) is 0 Å². The van der Waals surface area contributed by atoms with Crippen LogP contribution < -0.4 is 0 Å². The molecule has 3 nitrogen and oxygen atoms in total. The molecule has 0 aromatic carbocycles. The molecular weight excluding hydrogens is 121 g/mol. The van der Waals surface area contributed by atoms with Crippen molar-refractivity contribution in [2.24, 2.45) is 0 Å². The molecule has 0 radical (unpaired) electrons. The van der Waals surface area contributed by atoms with Gasteiger partial charge in [-0.2, -0.15) is 0 Å². The van der Waals surface area contributed by atoms with Crippen molar-refractivity contribution >= 4 is 27.7 Å². The van der Waals surface area contributed by atoms with Crippen LogP contribution in [0, 0.1) is 0 Å².